The Kier molecular flexibility index (Phi) is 8.53. The molecule has 53 heavy (non-hydrogen) atoms. The average molecular weight is 730 g/mol. The first-order valence-corrected chi connectivity index (χ1v) is 17.4. The summed E-state index contributed by atoms with van der Waals surface area (Å²) in [5.41, 5.74) is 3.41. The zero-order chi connectivity index (χ0) is 36.9. The molecular formula is C41H34ClF2N7O2. The number of aromatic nitrogens is 6. The number of nitrogens with zero attached hydrogens (tertiary/aromatic N) is 6. The van der Waals surface area contributed by atoms with E-state index in [1.807, 2.05) is 109 Å². The summed E-state index contributed by atoms with van der Waals surface area (Å²) in [6, 6.07) is 32.7. The molecular weight excluding hydrogens is 696 g/mol. The fraction of sp³-hybridized carbons (Fsp3) is 0.195. The second-order valence-electron chi connectivity index (χ2n) is 13.7. The Morgan fingerprint density at radius 2 is 1.55 bits per heavy atom. The summed E-state index contributed by atoms with van der Waals surface area (Å²) < 4.78 is 39.4. The number of pyridine rings is 1. The summed E-state index contributed by atoms with van der Waals surface area (Å²) in [6.07, 6.45) is 2.53. The van der Waals surface area contributed by atoms with Crippen LogP contribution in [0.2, 0.25) is 5.15 Å². The van der Waals surface area contributed by atoms with Gasteiger partial charge in [0.15, 0.2) is 10.8 Å². The van der Waals surface area contributed by atoms with Gasteiger partial charge in [-0.2, -0.15) is 10.1 Å². The standard InChI is InChI=1S/C41H34ClF2N7O2/c1-40(2)21-29(30-22-45-34-20-32(42)49-51(34)36(30)40)38(52)47-33-19-28(37(43)44)35(39(48-33)53-3)31-23-50(24-46-31)41(25-13-7-4-8-14-25,26-15-9-5-10-16-26)27-17-11-6-12-18-27/h4-20,22-24,29,37H,21H2,1-3H3,(H,47,48,52). The van der Waals surface area contributed by atoms with Gasteiger partial charge >= 0.3 is 0 Å². The number of fused-ring (bicyclic) bond motifs is 3. The minimum Gasteiger partial charge on any atom is -0.480 e. The highest BCUT2D eigenvalue weighted by molar-refractivity contribution is 6.29. The molecule has 1 aliphatic rings. The van der Waals surface area contributed by atoms with Gasteiger partial charge in [-0.25, -0.2) is 23.3 Å². The number of nitrogens with one attached hydrogen (secondary N) is 1. The van der Waals surface area contributed by atoms with Gasteiger partial charge in [0.25, 0.3) is 6.43 Å². The van der Waals surface area contributed by atoms with Crippen LogP contribution in [0.15, 0.2) is 122 Å². The summed E-state index contributed by atoms with van der Waals surface area (Å²) in [5.74, 6) is -1.23. The van der Waals surface area contributed by atoms with Crippen molar-refractivity contribution >= 4 is 29.0 Å². The van der Waals surface area contributed by atoms with Crippen molar-refractivity contribution in [3.05, 3.63) is 161 Å². The third-order valence-corrected chi connectivity index (χ3v) is 10.2. The third kappa shape index (κ3) is 5.72. The summed E-state index contributed by atoms with van der Waals surface area (Å²) in [7, 11) is 1.35. The number of carbonyl (C=O) groups excluding carboxylic acids is 1. The van der Waals surface area contributed by atoms with Gasteiger partial charge in [-0.1, -0.05) is 116 Å². The van der Waals surface area contributed by atoms with Crippen molar-refractivity contribution in [1.82, 2.24) is 29.1 Å². The van der Waals surface area contributed by atoms with E-state index in [1.165, 1.54) is 13.2 Å². The lowest BCUT2D eigenvalue weighted by Gasteiger charge is -2.37. The molecule has 9 nitrogen and oxygen atoms in total. The van der Waals surface area contributed by atoms with Gasteiger partial charge < -0.3 is 14.6 Å². The van der Waals surface area contributed by atoms with Crippen LogP contribution in [0.25, 0.3) is 16.9 Å². The van der Waals surface area contributed by atoms with Crippen LogP contribution in [0, 0.1) is 0 Å². The molecule has 0 fully saturated rings. The van der Waals surface area contributed by atoms with Crippen LogP contribution in [-0.4, -0.2) is 42.2 Å². The molecule has 12 heteroatoms. The number of amides is 1. The molecule has 0 aliphatic heterocycles. The Morgan fingerprint density at radius 3 is 2.11 bits per heavy atom. The number of ether oxygens (including phenoxy) is 1. The maximum absolute atomic E-state index is 15.1. The molecule has 4 aromatic heterocycles. The van der Waals surface area contributed by atoms with E-state index >= 15 is 8.78 Å². The predicted octanol–water partition coefficient (Wildman–Crippen LogP) is 8.83. The number of anilines is 1. The summed E-state index contributed by atoms with van der Waals surface area (Å²) in [4.78, 5) is 27.6. The van der Waals surface area contributed by atoms with E-state index < -0.39 is 29.2 Å². The van der Waals surface area contributed by atoms with E-state index in [9.17, 15) is 4.79 Å². The van der Waals surface area contributed by atoms with Crippen LogP contribution < -0.4 is 10.1 Å². The van der Waals surface area contributed by atoms with Crippen molar-refractivity contribution in [2.75, 3.05) is 12.4 Å². The molecule has 3 aromatic carbocycles. The quantitative estimate of drug-likeness (QED) is 0.149. The maximum Gasteiger partial charge on any atom is 0.264 e. The largest absolute Gasteiger partial charge is 0.480 e. The van der Waals surface area contributed by atoms with Crippen LogP contribution in [-0.2, 0) is 15.7 Å². The highest BCUT2D eigenvalue weighted by Gasteiger charge is 2.44. The molecule has 0 bridgehead atoms. The van der Waals surface area contributed by atoms with E-state index in [0.29, 0.717) is 22.8 Å². The normalized spacial score (nSPS) is 15.1. The Hall–Kier alpha value is -5.94. The molecule has 1 N–H and O–H groups in total. The van der Waals surface area contributed by atoms with Crippen LogP contribution >= 0.6 is 11.6 Å². The number of hydrogen-bond donors (Lipinski definition) is 1. The smallest absolute Gasteiger partial charge is 0.264 e. The second-order valence-corrected chi connectivity index (χ2v) is 14.1. The third-order valence-electron chi connectivity index (χ3n) is 10.0. The first kappa shape index (κ1) is 34.2. The number of benzene rings is 3. The highest BCUT2D eigenvalue weighted by Crippen LogP contribution is 2.47. The number of rotatable bonds is 9. The molecule has 7 aromatic rings. The van der Waals surface area contributed by atoms with E-state index in [-0.39, 0.29) is 28.5 Å². The van der Waals surface area contributed by atoms with E-state index in [2.05, 4.69) is 20.4 Å². The summed E-state index contributed by atoms with van der Waals surface area (Å²) in [5, 5.41) is 7.47. The minimum absolute atomic E-state index is 0.0248. The molecule has 8 rings (SSSR count). The molecule has 0 saturated carbocycles. The van der Waals surface area contributed by atoms with E-state index in [0.717, 1.165) is 22.4 Å². The fourth-order valence-corrected chi connectivity index (χ4v) is 7.99. The Labute approximate surface area is 309 Å². The van der Waals surface area contributed by atoms with Crippen LogP contribution in [0.4, 0.5) is 14.6 Å². The minimum atomic E-state index is -2.95. The highest BCUT2D eigenvalue weighted by atomic mass is 35.5. The van der Waals surface area contributed by atoms with Gasteiger partial charge in [0.2, 0.25) is 11.8 Å². The number of halogens is 3. The van der Waals surface area contributed by atoms with E-state index in [4.69, 9.17) is 21.3 Å². The number of methoxy groups -OCH3 is 1. The number of alkyl halides is 2. The van der Waals surface area contributed by atoms with Gasteiger partial charge in [0.1, 0.15) is 11.4 Å². The molecule has 0 spiro atoms. The van der Waals surface area contributed by atoms with Gasteiger partial charge in [-0.15, -0.1) is 0 Å². The Morgan fingerprint density at radius 1 is 0.943 bits per heavy atom. The van der Waals surface area contributed by atoms with Crippen molar-refractivity contribution in [3.63, 3.8) is 0 Å². The molecule has 1 amide bonds. The molecule has 266 valence electrons. The van der Waals surface area contributed by atoms with Gasteiger partial charge in [-0.3, -0.25) is 4.79 Å². The fourth-order valence-electron chi connectivity index (χ4n) is 7.82. The lowest BCUT2D eigenvalue weighted by atomic mass is 9.77. The monoisotopic (exact) mass is 729 g/mol. The first-order chi connectivity index (χ1) is 25.6. The van der Waals surface area contributed by atoms with Crippen LogP contribution in [0.3, 0.4) is 0 Å². The molecule has 0 radical (unpaired) electrons. The zero-order valence-corrected chi connectivity index (χ0v) is 29.8. The van der Waals surface area contributed by atoms with Crippen LogP contribution in [0.1, 0.15) is 66.1 Å². The molecule has 0 saturated heterocycles. The Balaban J connectivity index is 1.21. The summed E-state index contributed by atoms with van der Waals surface area (Å²) in [6.45, 7) is 4.03. The van der Waals surface area contributed by atoms with Crippen molar-refractivity contribution in [1.29, 1.82) is 0 Å². The molecule has 1 atom stereocenters. The van der Waals surface area contributed by atoms with Crippen molar-refractivity contribution in [3.8, 4) is 17.1 Å². The topological polar surface area (TPSA) is 99.2 Å². The van der Waals surface area contributed by atoms with Crippen molar-refractivity contribution in [2.45, 2.75) is 43.6 Å². The molecule has 1 aliphatic carbocycles. The number of hydrogen-bond acceptors (Lipinski definition) is 6. The molecule has 4 heterocycles. The predicted molar refractivity (Wildman–Crippen MR) is 199 cm³/mol. The van der Waals surface area contributed by atoms with E-state index in [1.54, 1.807) is 29.3 Å². The average Bonchev–Trinajstić information content (AvgIpc) is 3.88. The zero-order valence-electron chi connectivity index (χ0n) is 29.0. The first-order valence-electron chi connectivity index (χ1n) is 17.1. The number of carbonyl (C=O) groups is 1. The van der Waals surface area contributed by atoms with Crippen molar-refractivity contribution in [2.24, 2.45) is 0 Å². The molecule has 1 unspecified atom stereocenters. The maximum atomic E-state index is 15.1. The van der Waals surface area contributed by atoms with Crippen LogP contribution in [0.5, 0.6) is 5.88 Å². The Bertz CT molecular complexity index is 2350. The summed E-state index contributed by atoms with van der Waals surface area (Å²) >= 11 is 6.18. The SMILES string of the molecule is COc1nc(NC(=O)C2CC(C)(C)c3c2cnc2cc(Cl)nn32)cc(C(F)F)c1-c1cn(C(c2ccccc2)(c2ccccc2)c2ccccc2)cn1. The lowest BCUT2D eigenvalue weighted by Crippen LogP contribution is -2.36. The van der Waals surface area contributed by atoms with Gasteiger partial charge in [-0.05, 0) is 29.2 Å². The number of imidazole rings is 1. The second kappa shape index (κ2) is 13.2. The van der Waals surface area contributed by atoms with Crippen molar-refractivity contribution < 1.29 is 18.3 Å². The van der Waals surface area contributed by atoms with Gasteiger partial charge in [0, 0.05) is 35.0 Å². The lowest BCUT2D eigenvalue weighted by molar-refractivity contribution is -0.117. The van der Waals surface area contributed by atoms with Gasteiger partial charge in [0.05, 0.1) is 36.3 Å².